The largest absolute Gasteiger partial charge is 0.481 e. The van der Waals surface area contributed by atoms with Gasteiger partial charge in [0, 0.05) is 26.4 Å². The summed E-state index contributed by atoms with van der Waals surface area (Å²) in [4.78, 5) is 23.9. The van der Waals surface area contributed by atoms with Crippen molar-refractivity contribution in [3.05, 3.63) is 0 Å². The number of carbonyl (C=O) groups excluding carboxylic acids is 1. The minimum absolute atomic E-state index is 0.139. The molecule has 0 heterocycles. The van der Waals surface area contributed by atoms with Crippen molar-refractivity contribution in [2.45, 2.75) is 57.8 Å². The van der Waals surface area contributed by atoms with Crippen molar-refractivity contribution in [3.63, 3.8) is 0 Å². The van der Waals surface area contributed by atoms with Gasteiger partial charge in [-0.1, -0.05) is 32.1 Å². The van der Waals surface area contributed by atoms with Gasteiger partial charge in [-0.05, 0) is 18.8 Å². The third-order valence-corrected chi connectivity index (χ3v) is 3.80. The minimum Gasteiger partial charge on any atom is -0.481 e. The first kappa shape index (κ1) is 15.0. The van der Waals surface area contributed by atoms with E-state index in [0.29, 0.717) is 19.4 Å². The monoisotopic (exact) mass is 255 g/mol. The molecule has 104 valence electrons. The number of carbonyl (C=O) groups is 2. The number of nitrogens with zero attached hydrogens (tertiary/aromatic N) is 1. The predicted molar refractivity (Wildman–Crippen MR) is 70.3 cm³/mol. The van der Waals surface area contributed by atoms with Crippen molar-refractivity contribution >= 4 is 11.9 Å². The minimum atomic E-state index is -0.793. The zero-order chi connectivity index (χ0) is 13.4. The molecule has 4 heteroatoms. The Hall–Kier alpha value is -1.06. The summed E-state index contributed by atoms with van der Waals surface area (Å²) in [6, 6.07) is 0. The molecule has 4 nitrogen and oxygen atoms in total. The van der Waals surface area contributed by atoms with Gasteiger partial charge in [0.05, 0.1) is 0 Å². The van der Waals surface area contributed by atoms with Crippen LogP contribution < -0.4 is 0 Å². The quantitative estimate of drug-likeness (QED) is 0.761. The first-order valence-corrected chi connectivity index (χ1v) is 7.05. The van der Waals surface area contributed by atoms with Gasteiger partial charge in [0.1, 0.15) is 0 Å². The predicted octanol–water partition coefficient (Wildman–Crippen LogP) is 2.67. The average Bonchev–Trinajstić information content (AvgIpc) is 2.36. The Morgan fingerprint density at radius 1 is 1.17 bits per heavy atom. The van der Waals surface area contributed by atoms with Crippen molar-refractivity contribution in [2.75, 3.05) is 13.6 Å². The molecule has 1 fully saturated rings. The van der Waals surface area contributed by atoms with E-state index in [9.17, 15) is 9.59 Å². The number of hydrogen-bond acceptors (Lipinski definition) is 2. The highest BCUT2D eigenvalue weighted by molar-refractivity contribution is 5.75. The lowest BCUT2D eigenvalue weighted by Crippen LogP contribution is -2.28. The number of rotatable bonds is 7. The molecular formula is C14H25NO3. The van der Waals surface area contributed by atoms with Crippen molar-refractivity contribution in [2.24, 2.45) is 5.92 Å². The lowest BCUT2D eigenvalue weighted by Gasteiger charge is -2.22. The fourth-order valence-corrected chi connectivity index (χ4v) is 2.59. The summed E-state index contributed by atoms with van der Waals surface area (Å²) in [5.74, 6) is 0.0964. The van der Waals surface area contributed by atoms with E-state index in [1.807, 2.05) is 0 Å². The van der Waals surface area contributed by atoms with E-state index < -0.39 is 5.97 Å². The molecule has 0 aromatic carbocycles. The van der Waals surface area contributed by atoms with Crippen molar-refractivity contribution in [1.29, 1.82) is 0 Å². The summed E-state index contributed by atoms with van der Waals surface area (Å²) in [7, 11) is 1.77. The van der Waals surface area contributed by atoms with Crippen LogP contribution in [-0.2, 0) is 9.59 Å². The van der Waals surface area contributed by atoms with Crippen LogP contribution in [0, 0.1) is 5.92 Å². The van der Waals surface area contributed by atoms with Crippen LogP contribution in [0.15, 0.2) is 0 Å². The van der Waals surface area contributed by atoms with E-state index in [4.69, 9.17) is 5.11 Å². The van der Waals surface area contributed by atoms with Gasteiger partial charge in [-0.25, -0.2) is 0 Å². The van der Waals surface area contributed by atoms with E-state index in [2.05, 4.69) is 0 Å². The number of carboxylic acids is 1. The molecule has 0 spiro atoms. The molecule has 0 saturated heterocycles. The normalized spacial score (nSPS) is 16.5. The fourth-order valence-electron chi connectivity index (χ4n) is 2.59. The molecule has 0 unspecified atom stereocenters. The van der Waals surface area contributed by atoms with Crippen LogP contribution in [0.4, 0.5) is 0 Å². The molecule has 0 radical (unpaired) electrons. The van der Waals surface area contributed by atoms with Crippen LogP contribution in [0.2, 0.25) is 0 Å². The molecule has 18 heavy (non-hydrogen) atoms. The molecule has 1 N–H and O–H groups in total. The van der Waals surface area contributed by atoms with Crippen LogP contribution >= 0.6 is 0 Å². The van der Waals surface area contributed by atoms with E-state index >= 15 is 0 Å². The van der Waals surface area contributed by atoms with Crippen LogP contribution in [0.25, 0.3) is 0 Å². The molecule has 0 bridgehead atoms. The van der Waals surface area contributed by atoms with Crippen molar-refractivity contribution in [1.82, 2.24) is 4.90 Å². The lowest BCUT2D eigenvalue weighted by molar-refractivity contribution is -0.138. The summed E-state index contributed by atoms with van der Waals surface area (Å²) >= 11 is 0. The third kappa shape index (κ3) is 6.03. The van der Waals surface area contributed by atoms with Gasteiger partial charge in [0.2, 0.25) is 5.91 Å². The van der Waals surface area contributed by atoms with Crippen molar-refractivity contribution in [3.8, 4) is 0 Å². The molecule has 1 amide bonds. The van der Waals surface area contributed by atoms with Gasteiger partial charge in [-0.2, -0.15) is 0 Å². The molecule has 0 aromatic rings. The summed E-state index contributed by atoms with van der Waals surface area (Å²) in [5.41, 5.74) is 0. The number of aliphatic carboxylic acids is 1. The molecule has 1 rings (SSSR count). The summed E-state index contributed by atoms with van der Waals surface area (Å²) in [6.07, 6.45) is 8.82. The topological polar surface area (TPSA) is 57.6 Å². The van der Waals surface area contributed by atoms with E-state index in [0.717, 1.165) is 12.3 Å². The maximum absolute atomic E-state index is 11.8. The van der Waals surface area contributed by atoms with Crippen LogP contribution in [-0.4, -0.2) is 35.5 Å². The second-order valence-corrected chi connectivity index (χ2v) is 5.36. The Bertz CT molecular complexity index is 272. The molecule has 1 saturated carbocycles. The number of amides is 1. The van der Waals surface area contributed by atoms with Crippen LogP contribution in [0.5, 0.6) is 0 Å². The van der Waals surface area contributed by atoms with Gasteiger partial charge < -0.3 is 10.0 Å². The highest BCUT2D eigenvalue weighted by Crippen LogP contribution is 2.27. The van der Waals surface area contributed by atoms with Gasteiger partial charge in [0.25, 0.3) is 0 Å². The average molecular weight is 255 g/mol. The van der Waals surface area contributed by atoms with Crippen molar-refractivity contribution < 1.29 is 14.7 Å². The molecular weight excluding hydrogens is 230 g/mol. The number of hydrogen-bond donors (Lipinski definition) is 1. The van der Waals surface area contributed by atoms with Crippen LogP contribution in [0.1, 0.15) is 57.8 Å². The van der Waals surface area contributed by atoms with E-state index in [-0.39, 0.29) is 12.3 Å². The van der Waals surface area contributed by atoms with Gasteiger partial charge in [-0.15, -0.1) is 0 Å². The highest BCUT2D eigenvalue weighted by Gasteiger charge is 2.16. The smallest absolute Gasteiger partial charge is 0.303 e. The maximum atomic E-state index is 11.8. The van der Waals surface area contributed by atoms with E-state index in [1.54, 1.807) is 11.9 Å². The van der Waals surface area contributed by atoms with Crippen LogP contribution in [0.3, 0.4) is 0 Å². The van der Waals surface area contributed by atoms with Gasteiger partial charge in [0.15, 0.2) is 0 Å². The molecule has 0 aliphatic heterocycles. The zero-order valence-electron chi connectivity index (χ0n) is 11.4. The molecule has 0 aromatic heterocycles. The first-order valence-electron chi connectivity index (χ1n) is 7.05. The van der Waals surface area contributed by atoms with Gasteiger partial charge in [-0.3, -0.25) is 9.59 Å². The molecule has 1 aliphatic carbocycles. The number of carboxylic acid groups (broad SMARTS) is 1. The summed E-state index contributed by atoms with van der Waals surface area (Å²) in [5, 5.41) is 8.54. The first-order chi connectivity index (χ1) is 8.59. The third-order valence-electron chi connectivity index (χ3n) is 3.80. The highest BCUT2D eigenvalue weighted by atomic mass is 16.4. The SMILES string of the molecule is CN(CCCC(=O)O)C(=O)CCC1CCCCC1. The second kappa shape index (κ2) is 8.11. The molecule has 0 atom stereocenters. The fraction of sp³-hybridized carbons (Fsp3) is 0.857. The molecule has 1 aliphatic rings. The van der Waals surface area contributed by atoms with E-state index in [1.165, 1.54) is 32.1 Å². The van der Waals surface area contributed by atoms with Gasteiger partial charge >= 0.3 is 5.97 Å². The Balaban J connectivity index is 2.12. The Kier molecular flexibility index (Phi) is 6.76. The Morgan fingerprint density at radius 3 is 2.44 bits per heavy atom. The summed E-state index contributed by atoms with van der Waals surface area (Å²) < 4.78 is 0. The summed E-state index contributed by atoms with van der Waals surface area (Å²) in [6.45, 7) is 0.551. The lowest BCUT2D eigenvalue weighted by atomic mass is 9.86. The second-order valence-electron chi connectivity index (χ2n) is 5.36. The Morgan fingerprint density at radius 2 is 1.83 bits per heavy atom. The Labute approximate surface area is 109 Å². The zero-order valence-corrected chi connectivity index (χ0v) is 11.4. The standard InChI is InChI=1S/C14H25NO3/c1-15(11-5-8-14(17)18)13(16)10-9-12-6-3-2-4-7-12/h12H,2-11H2,1H3,(H,17,18). The maximum Gasteiger partial charge on any atom is 0.303 e.